The molecule has 1 aromatic carbocycles. The van der Waals surface area contributed by atoms with Crippen molar-refractivity contribution < 1.29 is 32.2 Å². The molecule has 0 aromatic heterocycles. The van der Waals surface area contributed by atoms with E-state index in [-0.39, 0.29) is 12.0 Å². The van der Waals surface area contributed by atoms with Gasteiger partial charge in [-0.3, -0.25) is 4.79 Å². The summed E-state index contributed by atoms with van der Waals surface area (Å²) < 4.78 is 52.4. The first-order valence-corrected chi connectivity index (χ1v) is 4.71. The maximum atomic E-state index is 13.0. The van der Waals surface area contributed by atoms with Crippen molar-refractivity contribution in [1.29, 1.82) is 0 Å². The molecule has 1 atom stereocenters. The Morgan fingerprint density at radius 1 is 1.39 bits per heavy atom. The highest BCUT2D eigenvalue weighted by molar-refractivity contribution is 5.73. The highest BCUT2D eigenvalue weighted by Gasteiger charge is 2.31. The van der Waals surface area contributed by atoms with Gasteiger partial charge in [0.2, 0.25) is 0 Å². The summed E-state index contributed by atoms with van der Waals surface area (Å²) in [6.45, 7) is 0. The fourth-order valence-corrected chi connectivity index (χ4v) is 1.27. The molecule has 0 heterocycles. The second-order valence-electron chi connectivity index (χ2n) is 3.49. The molecule has 8 heteroatoms. The lowest BCUT2D eigenvalue weighted by Gasteiger charge is -2.11. The van der Waals surface area contributed by atoms with Gasteiger partial charge in [0.25, 0.3) is 0 Å². The summed E-state index contributed by atoms with van der Waals surface area (Å²) in [6.07, 6.45) is -5.25. The number of nitrogens with two attached hydrogens (primary N) is 1. The van der Waals surface area contributed by atoms with E-state index in [2.05, 4.69) is 4.74 Å². The van der Waals surface area contributed by atoms with E-state index in [1.54, 1.807) is 0 Å². The number of ether oxygens (including phenoxy) is 1. The average Bonchev–Trinajstić information content (AvgIpc) is 2.12. The molecule has 0 fully saturated rings. The summed E-state index contributed by atoms with van der Waals surface area (Å²) in [6, 6.07) is 1.000. The summed E-state index contributed by atoms with van der Waals surface area (Å²) in [5.41, 5.74) is 5.19. The van der Waals surface area contributed by atoms with Crippen molar-refractivity contribution in [3.05, 3.63) is 29.6 Å². The van der Waals surface area contributed by atoms with Crippen molar-refractivity contribution in [3.63, 3.8) is 0 Å². The van der Waals surface area contributed by atoms with E-state index in [0.717, 1.165) is 12.1 Å². The standard InChI is InChI=1S/C10H9F4NO3/c11-6-1-5(3-8(15)9(16)17)2-7(4-6)18-10(12,13)14/h1-2,4,8H,3,15H2,(H,16,17)/t8-/m1/s1. The highest BCUT2D eigenvalue weighted by atomic mass is 19.4. The van der Waals surface area contributed by atoms with Gasteiger partial charge in [-0.1, -0.05) is 0 Å². The number of benzene rings is 1. The van der Waals surface area contributed by atoms with Crippen molar-refractivity contribution in [2.24, 2.45) is 5.73 Å². The predicted molar refractivity (Wildman–Crippen MR) is 52.4 cm³/mol. The van der Waals surface area contributed by atoms with Crippen LogP contribution < -0.4 is 10.5 Å². The molecule has 1 aromatic rings. The molecule has 0 saturated heterocycles. The molecule has 18 heavy (non-hydrogen) atoms. The zero-order valence-electron chi connectivity index (χ0n) is 8.87. The lowest BCUT2D eigenvalue weighted by Crippen LogP contribution is -2.32. The van der Waals surface area contributed by atoms with Crippen molar-refractivity contribution in [2.75, 3.05) is 0 Å². The molecule has 0 amide bonds. The number of carboxylic acids is 1. The van der Waals surface area contributed by atoms with E-state index in [1.165, 1.54) is 0 Å². The molecule has 0 aliphatic carbocycles. The van der Waals surface area contributed by atoms with E-state index >= 15 is 0 Å². The Bertz CT molecular complexity index is 447. The van der Waals surface area contributed by atoms with Gasteiger partial charge in [-0.05, 0) is 24.1 Å². The molecule has 0 unspecified atom stereocenters. The Morgan fingerprint density at radius 3 is 2.50 bits per heavy atom. The summed E-state index contributed by atoms with van der Waals surface area (Å²) in [5.74, 6) is -3.06. The third kappa shape index (κ3) is 4.58. The van der Waals surface area contributed by atoms with Crippen LogP contribution in [0.5, 0.6) is 5.75 Å². The largest absolute Gasteiger partial charge is 0.573 e. The van der Waals surface area contributed by atoms with Gasteiger partial charge in [-0.15, -0.1) is 13.2 Å². The van der Waals surface area contributed by atoms with Gasteiger partial charge in [0.1, 0.15) is 17.6 Å². The summed E-state index contributed by atoms with van der Waals surface area (Å²) in [5, 5.41) is 8.54. The first-order valence-electron chi connectivity index (χ1n) is 4.71. The minimum atomic E-state index is -4.94. The number of hydrogen-bond donors (Lipinski definition) is 2. The first-order chi connectivity index (χ1) is 8.17. The smallest absolute Gasteiger partial charge is 0.480 e. The van der Waals surface area contributed by atoms with Gasteiger partial charge in [0, 0.05) is 6.07 Å². The zero-order chi connectivity index (χ0) is 13.9. The molecule has 0 spiro atoms. The van der Waals surface area contributed by atoms with E-state index in [0.29, 0.717) is 6.07 Å². The molecule has 0 aliphatic rings. The number of alkyl halides is 3. The monoisotopic (exact) mass is 267 g/mol. The molecule has 100 valence electrons. The van der Waals surface area contributed by atoms with Gasteiger partial charge >= 0.3 is 12.3 Å². The molecule has 0 radical (unpaired) electrons. The van der Waals surface area contributed by atoms with Gasteiger partial charge in [-0.25, -0.2) is 4.39 Å². The summed E-state index contributed by atoms with van der Waals surface area (Å²) in [4.78, 5) is 10.5. The maximum absolute atomic E-state index is 13.0. The number of hydrogen-bond acceptors (Lipinski definition) is 3. The van der Waals surface area contributed by atoms with Crippen LogP contribution >= 0.6 is 0 Å². The Labute approximate surface area is 99.0 Å². The first kappa shape index (κ1) is 14.2. The Morgan fingerprint density at radius 2 is 2.00 bits per heavy atom. The Balaban J connectivity index is 2.90. The zero-order valence-corrected chi connectivity index (χ0v) is 8.87. The number of aliphatic carboxylic acids is 1. The van der Waals surface area contributed by atoms with Crippen molar-refractivity contribution in [2.45, 2.75) is 18.8 Å². The van der Waals surface area contributed by atoms with E-state index in [4.69, 9.17) is 10.8 Å². The van der Waals surface area contributed by atoms with E-state index in [9.17, 15) is 22.4 Å². The molecule has 0 aliphatic heterocycles. The van der Waals surface area contributed by atoms with Crippen LogP contribution in [0.1, 0.15) is 5.56 Å². The SMILES string of the molecule is N[C@H](Cc1cc(F)cc(OC(F)(F)F)c1)C(=O)O. The van der Waals surface area contributed by atoms with Gasteiger partial charge in [0.05, 0.1) is 0 Å². The number of carboxylic acid groups (broad SMARTS) is 1. The topological polar surface area (TPSA) is 72.5 Å². The van der Waals surface area contributed by atoms with Crippen LogP contribution in [0, 0.1) is 5.82 Å². The quantitative estimate of drug-likeness (QED) is 0.814. The fraction of sp³-hybridized carbons (Fsp3) is 0.300. The minimum absolute atomic E-state index is 0.00384. The van der Waals surface area contributed by atoms with Gasteiger partial charge < -0.3 is 15.6 Å². The molecule has 0 bridgehead atoms. The van der Waals surface area contributed by atoms with Crippen LogP contribution in [-0.4, -0.2) is 23.5 Å². The molecular formula is C10H9F4NO3. The molecule has 0 saturated carbocycles. The normalized spacial score (nSPS) is 13.2. The van der Waals surface area contributed by atoms with Crippen molar-refractivity contribution in [3.8, 4) is 5.75 Å². The lowest BCUT2D eigenvalue weighted by molar-refractivity contribution is -0.274. The number of halogens is 4. The third-order valence-corrected chi connectivity index (χ3v) is 1.94. The molecule has 3 N–H and O–H groups in total. The lowest BCUT2D eigenvalue weighted by atomic mass is 10.1. The van der Waals surface area contributed by atoms with Gasteiger partial charge in [-0.2, -0.15) is 0 Å². The Hall–Kier alpha value is -1.83. The van der Waals surface area contributed by atoms with Gasteiger partial charge in [0.15, 0.2) is 0 Å². The highest BCUT2D eigenvalue weighted by Crippen LogP contribution is 2.25. The van der Waals surface area contributed by atoms with Crippen molar-refractivity contribution in [1.82, 2.24) is 0 Å². The third-order valence-electron chi connectivity index (χ3n) is 1.94. The van der Waals surface area contributed by atoms with Crippen molar-refractivity contribution >= 4 is 5.97 Å². The second-order valence-corrected chi connectivity index (χ2v) is 3.49. The number of rotatable bonds is 4. The van der Waals surface area contributed by atoms with Crippen LogP contribution in [0.2, 0.25) is 0 Å². The fourth-order valence-electron chi connectivity index (χ4n) is 1.27. The Kier molecular flexibility index (Phi) is 4.12. The predicted octanol–water partition coefficient (Wildman–Crippen LogP) is 1.68. The molecule has 4 nitrogen and oxygen atoms in total. The summed E-state index contributed by atoms with van der Waals surface area (Å²) in [7, 11) is 0. The van der Waals surface area contributed by atoms with E-state index < -0.39 is 29.9 Å². The van der Waals surface area contributed by atoms with Crippen LogP contribution in [-0.2, 0) is 11.2 Å². The maximum Gasteiger partial charge on any atom is 0.573 e. The van der Waals surface area contributed by atoms with Crippen LogP contribution in [0.15, 0.2) is 18.2 Å². The van der Waals surface area contributed by atoms with Crippen LogP contribution in [0.3, 0.4) is 0 Å². The van der Waals surface area contributed by atoms with Crippen LogP contribution in [0.4, 0.5) is 17.6 Å². The molecular weight excluding hydrogens is 258 g/mol. The molecule has 1 rings (SSSR count). The average molecular weight is 267 g/mol. The minimum Gasteiger partial charge on any atom is -0.480 e. The van der Waals surface area contributed by atoms with Crippen LogP contribution in [0.25, 0.3) is 0 Å². The second kappa shape index (κ2) is 5.21. The van der Waals surface area contributed by atoms with E-state index in [1.807, 2.05) is 0 Å². The number of carbonyl (C=O) groups is 1. The summed E-state index contributed by atoms with van der Waals surface area (Å²) >= 11 is 0.